The molecule has 2 aromatic heterocycles. The van der Waals surface area contributed by atoms with Gasteiger partial charge in [-0.05, 0) is 30.7 Å². The van der Waals surface area contributed by atoms with Crippen LogP contribution in [0, 0.1) is 0 Å². The van der Waals surface area contributed by atoms with E-state index in [4.69, 9.17) is 5.10 Å². The summed E-state index contributed by atoms with van der Waals surface area (Å²) in [7, 11) is 0. The Labute approximate surface area is 152 Å². The van der Waals surface area contributed by atoms with E-state index in [0.717, 1.165) is 40.9 Å². The Bertz CT molecular complexity index is 986. The second-order valence-corrected chi connectivity index (χ2v) is 7.27. The first-order chi connectivity index (χ1) is 12.5. The van der Waals surface area contributed by atoms with Crippen LogP contribution in [0.15, 0.2) is 30.3 Å². The summed E-state index contributed by atoms with van der Waals surface area (Å²) in [5, 5.41) is 14.7. The van der Waals surface area contributed by atoms with Crippen LogP contribution in [0.1, 0.15) is 72.9 Å². The Morgan fingerprint density at radius 3 is 2.50 bits per heavy atom. The Morgan fingerprint density at radius 2 is 1.96 bits per heavy atom. The molecule has 1 aromatic carbocycles. The highest BCUT2D eigenvalue weighted by Crippen LogP contribution is 2.45. The van der Waals surface area contributed by atoms with Gasteiger partial charge in [0.1, 0.15) is 0 Å². The van der Waals surface area contributed by atoms with Gasteiger partial charge in [0.15, 0.2) is 11.3 Å². The lowest BCUT2D eigenvalue weighted by atomic mass is 9.99. The van der Waals surface area contributed by atoms with Gasteiger partial charge >= 0.3 is 5.97 Å². The largest absolute Gasteiger partial charge is 0.476 e. The Kier molecular flexibility index (Phi) is 4.02. The molecule has 5 nitrogen and oxygen atoms in total. The second kappa shape index (κ2) is 6.24. The van der Waals surface area contributed by atoms with E-state index >= 15 is 0 Å². The van der Waals surface area contributed by atoms with Gasteiger partial charge in [-0.15, -0.1) is 0 Å². The van der Waals surface area contributed by atoms with Crippen molar-refractivity contribution in [2.45, 2.75) is 51.9 Å². The van der Waals surface area contributed by atoms with Crippen LogP contribution in [-0.4, -0.2) is 25.7 Å². The molecule has 0 radical (unpaired) electrons. The maximum atomic E-state index is 11.9. The van der Waals surface area contributed by atoms with E-state index in [1.807, 2.05) is 41.8 Å². The SMILES string of the molecule is CCc1c(C(=O)O)nc2c(-c3ccccc3)c(C3CC3)nn2c1C(C)C. The fourth-order valence-electron chi connectivity index (χ4n) is 3.76. The monoisotopic (exact) mass is 349 g/mol. The molecular formula is C21H23N3O2. The van der Waals surface area contributed by atoms with Crippen LogP contribution in [0.4, 0.5) is 0 Å². The average molecular weight is 349 g/mol. The molecule has 0 atom stereocenters. The number of aromatic carboxylic acids is 1. The highest BCUT2D eigenvalue weighted by Gasteiger charge is 2.33. The van der Waals surface area contributed by atoms with Crippen molar-refractivity contribution >= 4 is 11.6 Å². The first kappa shape index (κ1) is 16.8. The number of benzene rings is 1. The van der Waals surface area contributed by atoms with Crippen molar-refractivity contribution in [3.8, 4) is 11.1 Å². The topological polar surface area (TPSA) is 67.5 Å². The fourth-order valence-corrected chi connectivity index (χ4v) is 3.76. The molecule has 5 heteroatoms. The maximum absolute atomic E-state index is 11.9. The Morgan fingerprint density at radius 1 is 1.27 bits per heavy atom. The molecule has 0 amide bonds. The lowest BCUT2D eigenvalue weighted by Gasteiger charge is -2.16. The number of carboxylic acid groups (broad SMARTS) is 1. The minimum atomic E-state index is -0.973. The van der Waals surface area contributed by atoms with Gasteiger partial charge in [0.05, 0.1) is 17.0 Å². The first-order valence-corrected chi connectivity index (χ1v) is 9.27. The zero-order valence-corrected chi connectivity index (χ0v) is 15.4. The molecule has 1 fully saturated rings. The van der Waals surface area contributed by atoms with Crippen molar-refractivity contribution in [2.75, 3.05) is 0 Å². The predicted octanol–water partition coefficient (Wildman–Crippen LogP) is 4.66. The predicted molar refractivity (Wildman–Crippen MR) is 101 cm³/mol. The molecule has 0 bridgehead atoms. The van der Waals surface area contributed by atoms with E-state index < -0.39 is 5.97 Å². The quantitative estimate of drug-likeness (QED) is 0.727. The van der Waals surface area contributed by atoms with E-state index in [0.29, 0.717) is 18.0 Å². The summed E-state index contributed by atoms with van der Waals surface area (Å²) in [5.41, 5.74) is 5.64. The second-order valence-electron chi connectivity index (χ2n) is 7.27. The number of hydrogen-bond acceptors (Lipinski definition) is 3. The van der Waals surface area contributed by atoms with Crippen LogP contribution in [-0.2, 0) is 6.42 Å². The summed E-state index contributed by atoms with van der Waals surface area (Å²) in [4.78, 5) is 16.5. The van der Waals surface area contributed by atoms with Crippen molar-refractivity contribution in [3.63, 3.8) is 0 Å². The average Bonchev–Trinajstić information content (AvgIpc) is 3.40. The summed E-state index contributed by atoms with van der Waals surface area (Å²) in [6, 6.07) is 10.1. The van der Waals surface area contributed by atoms with Gasteiger partial charge in [-0.25, -0.2) is 14.3 Å². The van der Waals surface area contributed by atoms with Crippen LogP contribution >= 0.6 is 0 Å². The fraction of sp³-hybridized carbons (Fsp3) is 0.381. The molecule has 4 rings (SSSR count). The van der Waals surface area contributed by atoms with Crippen molar-refractivity contribution in [1.29, 1.82) is 0 Å². The molecule has 1 saturated carbocycles. The molecule has 26 heavy (non-hydrogen) atoms. The molecular weight excluding hydrogens is 326 g/mol. The third-order valence-electron chi connectivity index (χ3n) is 5.06. The van der Waals surface area contributed by atoms with Crippen LogP contribution in [0.25, 0.3) is 16.8 Å². The van der Waals surface area contributed by atoms with Crippen molar-refractivity contribution in [2.24, 2.45) is 0 Å². The van der Waals surface area contributed by atoms with E-state index in [-0.39, 0.29) is 11.6 Å². The van der Waals surface area contributed by atoms with Gasteiger partial charge in [0, 0.05) is 11.5 Å². The number of carboxylic acids is 1. The van der Waals surface area contributed by atoms with E-state index in [1.54, 1.807) is 0 Å². The zero-order chi connectivity index (χ0) is 18.4. The van der Waals surface area contributed by atoms with Gasteiger partial charge < -0.3 is 5.11 Å². The number of carbonyl (C=O) groups is 1. The standard InChI is InChI=1S/C21H23N3O2/c1-4-15-18(21(25)26)22-20-16(13-8-6-5-7-9-13)17(14-10-11-14)23-24(20)19(15)12(2)3/h5-9,12,14H,4,10-11H2,1-3H3,(H,25,26). The van der Waals surface area contributed by atoms with Gasteiger partial charge in [-0.3, -0.25) is 0 Å². The molecule has 2 heterocycles. The summed E-state index contributed by atoms with van der Waals surface area (Å²) < 4.78 is 1.91. The highest BCUT2D eigenvalue weighted by molar-refractivity contribution is 5.90. The van der Waals surface area contributed by atoms with Gasteiger partial charge in [-0.2, -0.15) is 5.10 Å². The smallest absolute Gasteiger partial charge is 0.354 e. The summed E-state index contributed by atoms with van der Waals surface area (Å²) in [5.74, 6) is -0.367. The van der Waals surface area contributed by atoms with Crippen molar-refractivity contribution in [1.82, 2.24) is 14.6 Å². The summed E-state index contributed by atoms with van der Waals surface area (Å²) >= 11 is 0. The number of hydrogen-bond donors (Lipinski definition) is 1. The third-order valence-corrected chi connectivity index (χ3v) is 5.06. The van der Waals surface area contributed by atoms with Crippen LogP contribution in [0.2, 0.25) is 0 Å². The lowest BCUT2D eigenvalue weighted by Crippen LogP contribution is -2.15. The van der Waals surface area contributed by atoms with Crippen LogP contribution in [0.5, 0.6) is 0 Å². The van der Waals surface area contributed by atoms with Crippen molar-refractivity contribution < 1.29 is 9.90 Å². The molecule has 1 N–H and O–H groups in total. The number of nitrogens with zero attached hydrogens (tertiary/aromatic N) is 3. The van der Waals surface area contributed by atoms with E-state index in [9.17, 15) is 9.90 Å². The van der Waals surface area contributed by atoms with Gasteiger partial charge in [0.2, 0.25) is 0 Å². The number of rotatable bonds is 5. The first-order valence-electron chi connectivity index (χ1n) is 9.27. The summed E-state index contributed by atoms with van der Waals surface area (Å²) in [6.07, 6.45) is 2.89. The third kappa shape index (κ3) is 2.59. The zero-order valence-electron chi connectivity index (χ0n) is 15.4. The van der Waals surface area contributed by atoms with E-state index in [2.05, 4.69) is 18.8 Å². The molecule has 0 saturated heterocycles. The van der Waals surface area contributed by atoms with Gasteiger partial charge in [0.25, 0.3) is 0 Å². The molecule has 3 aromatic rings. The van der Waals surface area contributed by atoms with Crippen LogP contribution < -0.4 is 0 Å². The normalized spacial score (nSPS) is 14.3. The lowest BCUT2D eigenvalue weighted by molar-refractivity contribution is 0.0689. The minimum absolute atomic E-state index is 0.156. The summed E-state index contributed by atoms with van der Waals surface area (Å²) in [6.45, 7) is 6.14. The van der Waals surface area contributed by atoms with E-state index in [1.165, 1.54) is 0 Å². The molecule has 134 valence electrons. The highest BCUT2D eigenvalue weighted by atomic mass is 16.4. The minimum Gasteiger partial charge on any atom is -0.476 e. The molecule has 0 spiro atoms. The number of aromatic nitrogens is 3. The van der Waals surface area contributed by atoms with Crippen LogP contribution in [0.3, 0.4) is 0 Å². The molecule has 0 unspecified atom stereocenters. The van der Waals surface area contributed by atoms with Gasteiger partial charge in [-0.1, -0.05) is 51.1 Å². The molecule has 0 aliphatic heterocycles. The maximum Gasteiger partial charge on any atom is 0.354 e. The molecule has 1 aliphatic rings. The van der Waals surface area contributed by atoms with Crippen molar-refractivity contribution in [3.05, 3.63) is 53.0 Å². The number of fused-ring (bicyclic) bond motifs is 1. The molecule has 1 aliphatic carbocycles. The Balaban J connectivity index is 2.13. The Hall–Kier alpha value is -2.69.